The van der Waals surface area contributed by atoms with Crippen LogP contribution in [0.5, 0.6) is 0 Å². The Morgan fingerprint density at radius 3 is 1.75 bits per heavy atom. The largest absolute Gasteiger partial charge is 0.772 e. The second-order valence-corrected chi connectivity index (χ2v) is 5.52. The van der Waals surface area contributed by atoms with Crippen LogP contribution in [0, 0.1) is 0 Å². The highest BCUT2D eigenvalue weighted by Gasteiger charge is 2.13. The summed E-state index contributed by atoms with van der Waals surface area (Å²) < 4.78 is 15.4. The quantitative estimate of drug-likeness (QED) is 0.579. The van der Waals surface area contributed by atoms with Crippen molar-refractivity contribution < 1.29 is 23.3 Å². The molecule has 1 unspecified atom stereocenters. The van der Waals surface area contributed by atoms with Crippen molar-refractivity contribution in [1.82, 2.24) is 0 Å². The maximum absolute atomic E-state index is 10.3. The SMILES string of the molecule is CCOP(=O)([O-])C(N)=O.CC[N+](C)(C)CC. The Balaban J connectivity index is 0. The van der Waals surface area contributed by atoms with Crippen LogP contribution in [0.2, 0.25) is 0 Å². The molecule has 6 nitrogen and oxygen atoms in total. The molecule has 0 aromatic rings. The zero-order valence-corrected chi connectivity index (χ0v) is 11.6. The van der Waals surface area contributed by atoms with E-state index in [1.54, 1.807) is 0 Å². The number of nitrogens with two attached hydrogens (primary N) is 1. The third-order valence-electron chi connectivity index (χ3n) is 2.28. The van der Waals surface area contributed by atoms with Crippen LogP contribution < -0.4 is 10.6 Å². The normalized spacial score (nSPS) is 14.6. The molecule has 0 rings (SSSR count). The van der Waals surface area contributed by atoms with E-state index in [1.165, 1.54) is 20.0 Å². The Kier molecular flexibility index (Phi) is 8.74. The van der Waals surface area contributed by atoms with Gasteiger partial charge in [-0.15, -0.1) is 0 Å². The van der Waals surface area contributed by atoms with Crippen molar-refractivity contribution in [3.05, 3.63) is 0 Å². The lowest BCUT2D eigenvalue weighted by Gasteiger charge is -2.25. The maximum Gasteiger partial charge on any atom is 0.288 e. The van der Waals surface area contributed by atoms with E-state index in [0.29, 0.717) is 0 Å². The third kappa shape index (κ3) is 8.85. The zero-order valence-electron chi connectivity index (χ0n) is 10.7. The lowest BCUT2D eigenvalue weighted by Crippen LogP contribution is -2.38. The molecule has 0 spiro atoms. The Morgan fingerprint density at radius 1 is 1.31 bits per heavy atom. The summed E-state index contributed by atoms with van der Waals surface area (Å²) >= 11 is 0. The van der Waals surface area contributed by atoms with Gasteiger partial charge in [-0.3, -0.25) is 9.36 Å². The number of hydrogen-bond donors (Lipinski definition) is 1. The fourth-order valence-electron chi connectivity index (χ4n) is 0.457. The van der Waals surface area contributed by atoms with Gasteiger partial charge in [-0.05, 0) is 20.8 Å². The summed E-state index contributed by atoms with van der Waals surface area (Å²) in [5.41, 5.74) is 2.99. The Bertz CT molecular complexity index is 250. The second-order valence-electron chi connectivity index (χ2n) is 3.82. The number of primary amides is 1. The molecule has 2 N–H and O–H groups in total. The van der Waals surface area contributed by atoms with Gasteiger partial charge >= 0.3 is 0 Å². The van der Waals surface area contributed by atoms with Gasteiger partial charge in [0.05, 0.1) is 33.8 Å². The predicted octanol–water partition coefficient (Wildman–Crippen LogP) is 0.758. The van der Waals surface area contributed by atoms with Crippen molar-refractivity contribution in [1.29, 1.82) is 0 Å². The number of rotatable bonds is 5. The van der Waals surface area contributed by atoms with Gasteiger partial charge in [0.1, 0.15) is 0 Å². The molecule has 0 bridgehead atoms. The zero-order chi connectivity index (χ0) is 13.4. The molecule has 0 aliphatic heterocycles. The maximum atomic E-state index is 10.3. The van der Waals surface area contributed by atoms with Crippen LogP contribution in [0.4, 0.5) is 4.79 Å². The average Bonchev–Trinajstić information content (AvgIpc) is 2.18. The first-order chi connectivity index (χ1) is 7.13. The van der Waals surface area contributed by atoms with Crippen molar-refractivity contribution in [3.8, 4) is 0 Å². The molecule has 0 aromatic heterocycles. The minimum Gasteiger partial charge on any atom is -0.772 e. The number of hydrogen-bond acceptors (Lipinski definition) is 4. The molecule has 0 saturated heterocycles. The average molecular weight is 254 g/mol. The second kappa shape index (κ2) is 7.79. The van der Waals surface area contributed by atoms with Crippen LogP contribution in [0.15, 0.2) is 0 Å². The molecule has 1 atom stereocenters. The van der Waals surface area contributed by atoms with Crippen LogP contribution in [0.1, 0.15) is 20.8 Å². The molecular weight excluding hydrogens is 231 g/mol. The summed E-state index contributed by atoms with van der Waals surface area (Å²) in [4.78, 5) is 20.2. The fourth-order valence-corrected chi connectivity index (χ4v) is 0.924. The predicted molar refractivity (Wildman–Crippen MR) is 62.0 cm³/mol. The lowest BCUT2D eigenvalue weighted by atomic mass is 10.5. The number of quaternary nitrogens is 1. The van der Waals surface area contributed by atoms with Gasteiger partial charge < -0.3 is 19.6 Å². The molecule has 0 aliphatic rings. The van der Waals surface area contributed by atoms with Gasteiger partial charge in [-0.2, -0.15) is 0 Å². The summed E-state index contributed by atoms with van der Waals surface area (Å²) in [6.45, 7) is 8.28. The van der Waals surface area contributed by atoms with Gasteiger partial charge in [-0.1, -0.05) is 0 Å². The van der Waals surface area contributed by atoms with E-state index < -0.39 is 13.2 Å². The lowest BCUT2D eigenvalue weighted by molar-refractivity contribution is -0.886. The Morgan fingerprint density at radius 2 is 1.69 bits per heavy atom. The van der Waals surface area contributed by atoms with E-state index in [0.717, 1.165) is 4.48 Å². The molecule has 0 saturated carbocycles. The van der Waals surface area contributed by atoms with Gasteiger partial charge in [0.25, 0.3) is 5.65 Å². The number of carbonyl (C=O) groups is 1. The van der Waals surface area contributed by atoms with Crippen LogP contribution in [0.25, 0.3) is 0 Å². The summed E-state index contributed by atoms with van der Waals surface area (Å²) in [5, 5.41) is 0. The topological polar surface area (TPSA) is 92.4 Å². The van der Waals surface area contributed by atoms with Crippen molar-refractivity contribution in [3.63, 3.8) is 0 Å². The molecule has 0 fully saturated rings. The number of nitrogens with zero attached hydrogens (tertiary/aromatic N) is 1. The number of amides is 1. The van der Waals surface area contributed by atoms with E-state index >= 15 is 0 Å². The highest BCUT2D eigenvalue weighted by atomic mass is 31.2. The number of carbonyl (C=O) groups excluding carboxylic acids is 1. The molecule has 1 amide bonds. The first-order valence-corrected chi connectivity index (χ1v) is 6.74. The fraction of sp³-hybridized carbons (Fsp3) is 0.889. The van der Waals surface area contributed by atoms with Gasteiger partial charge in [0.15, 0.2) is 0 Å². The summed E-state index contributed by atoms with van der Waals surface area (Å²) in [7, 11) is 0.0966. The van der Waals surface area contributed by atoms with Crippen LogP contribution in [-0.4, -0.2) is 43.9 Å². The summed E-state index contributed by atoms with van der Waals surface area (Å²) in [5.74, 6) is 0. The Labute approximate surface area is 97.5 Å². The molecule has 0 radical (unpaired) electrons. The van der Waals surface area contributed by atoms with Crippen molar-refractivity contribution in [2.45, 2.75) is 20.8 Å². The molecule has 0 aromatic carbocycles. The van der Waals surface area contributed by atoms with E-state index in [4.69, 9.17) is 0 Å². The van der Waals surface area contributed by atoms with Crippen molar-refractivity contribution in [2.75, 3.05) is 33.8 Å². The smallest absolute Gasteiger partial charge is 0.288 e. The molecule has 98 valence electrons. The van der Waals surface area contributed by atoms with Gasteiger partial charge in [0.2, 0.25) is 7.60 Å². The van der Waals surface area contributed by atoms with Gasteiger partial charge in [0, 0.05) is 0 Å². The van der Waals surface area contributed by atoms with E-state index in [1.807, 2.05) is 0 Å². The highest BCUT2D eigenvalue weighted by Crippen LogP contribution is 2.35. The molecular formula is C9H23N2O4P. The monoisotopic (exact) mass is 254 g/mol. The Hall–Kier alpha value is -0.420. The van der Waals surface area contributed by atoms with Crippen LogP contribution >= 0.6 is 7.60 Å². The summed E-state index contributed by atoms with van der Waals surface area (Å²) in [6, 6.07) is 0. The first-order valence-electron chi connectivity index (χ1n) is 5.20. The van der Waals surface area contributed by atoms with E-state index in [9.17, 15) is 14.3 Å². The summed E-state index contributed by atoms with van der Waals surface area (Å²) in [6.07, 6.45) is 0. The molecule has 0 heterocycles. The molecule has 16 heavy (non-hydrogen) atoms. The van der Waals surface area contributed by atoms with Gasteiger partial charge in [-0.25, -0.2) is 0 Å². The van der Waals surface area contributed by atoms with Crippen LogP contribution in [-0.2, 0) is 9.09 Å². The third-order valence-corrected chi connectivity index (χ3v) is 3.42. The minimum absolute atomic E-state index is 0.0658. The van der Waals surface area contributed by atoms with Crippen molar-refractivity contribution in [2.24, 2.45) is 5.73 Å². The van der Waals surface area contributed by atoms with E-state index in [-0.39, 0.29) is 6.61 Å². The first kappa shape index (κ1) is 18.0. The van der Waals surface area contributed by atoms with Crippen molar-refractivity contribution >= 4 is 13.2 Å². The minimum atomic E-state index is -4.38. The van der Waals surface area contributed by atoms with E-state index in [2.05, 4.69) is 38.2 Å². The molecule has 0 aliphatic carbocycles. The van der Waals surface area contributed by atoms with Crippen LogP contribution in [0.3, 0.4) is 0 Å². The standard InChI is InChI=1S/C6H16N.C3H8NO4P/c1-5-7(3,4)6-2;1-2-8-9(6,7)3(4)5/h5-6H2,1-4H3;2H2,1H3,(H2,4,5)(H,6,7)/q+1;/p-1. The molecule has 7 heteroatoms. The highest BCUT2D eigenvalue weighted by molar-refractivity contribution is 7.69.